The number of aryl methyl sites for hydroxylation is 1. The Balaban J connectivity index is 1.55. The standard InChI is InChI=1S/C33H34N2O3/c34-21-13-2-1-12-20-30-32(37-24-28-16-8-4-9-17-28)22-33(38-25-29-18-10-5-11-19-29)31(35-30)26-36-23-27-14-6-3-7-15-27/h3-11,14-19,22H,1-2,12-13,20,23-26H2/p+1. The average Bonchev–Trinajstić information content (AvgIpc) is 2.97. The Morgan fingerprint density at radius 3 is 1.66 bits per heavy atom. The SMILES string of the molecule is [NH+]#CCCCCCc1nc(COCc2ccccc2)c(OCc2ccccc2)cc1OCc1ccccc1. The topological polar surface area (TPSA) is 64.4 Å². The highest BCUT2D eigenvalue weighted by atomic mass is 16.5. The molecule has 0 unspecified atom stereocenters. The fraction of sp³-hybridized carbons (Fsp3) is 0.273. The number of benzene rings is 3. The molecule has 0 bridgehead atoms. The van der Waals surface area contributed by atoms with Crippen LogP contribution < -0.4 is 14.7 Å². The third-order valence-corrected chi connectivity index (χ3v) is 6.14. The van der Waals surface area contributed by atoms with Gasteiger partial charge in [-0.2, -0.15) is 0 Å². The smallest absolute Gasteiger partial charge is 0.270 e. The molecule has 1 aromatic heterocycles. The molecular formula is C33H35N2O3+. The van der Waals surface area contributed by atoms with Crippen molar-refractivity contribution in [3.63, 3.8) is 0 Å². The van der Waals surface area contributed by atoms with E-state index in [-0.39, 0.29) is 0 Å². The van der Waals surface area contributed by atoms with Crippen molar-refractivity contribution in [2.24, 2.45) is 0 Å². The molecule has 5 nitrogen and oxygen atoms in total. The van der Waals surface area contributed by atoms with Crippen molar-refractivity contribution in [3.8, 4) is 17.6 Å². The van der Waals surface area contributed by atoms with Gasteiger partial charge in [-0.25, -0.2) is 4.98 Å². The van der Waals surface area contributed by atoms with E-state index in [4.69, 9.17) is 24.5 Å². The van der Waals surface area contributed by atoms with E-state index in [0.29, 0.717) is 38.6 Å². The Hall–Kier alpha value is -4.14. The molecule has 0 aliphatic rings. The molecule has 194 valence electrons. The van der Waals surface area contributed by atoms with Crippen LogP contribution in [-0.4, -0.2) is 4.98 Å². The number of pyridine rings is 1. The highest BCUT2D eigenvalue weighted by molar-refractivity contribution is 5.40. The molecule has 1 N–H and O–H groups in total. The van der Waals surface area contributed by atoms with Crippen molar-refractivity contribution >= 4 is 0 Å². The Kier molecular flexibility index (Phi) is 10.8. The van der Waals surface area contributed by atoms with Crippen LogP contribution in [0.3, 0.4) is 0 Å². The molecule has 3 aromatic carbocycles. The van der Waals surface area contributed by atoms with Gasteiger partial charge >= 0.3 is 0 Å². The van der Waals surface area contributed by atoms with Crippen molar-refractivity contribution in [2.75, 3.05) is 0 Å². The molecule has 0 saturated carbocycles. The minimum Gasteiger partial charge on any atom is -0.487 e. The van der Waals surface area contributed by atoms with Crippen LogP contribution >= 0.6 is 0 Å². The van der Waals surface area contributed by atoms with Crippen LogP contribution in [-0.2, 0) is 37.6 Å². The van der Waals surface area contributed by atoms with Crippen LogP contribution in [0.4, 0.5) is 0 Å². The van der Waals surface area contributed by atoms with Gasteiger partial charge in [-0.05, 0) is 36.0 Å². The van der Waals surface area contributed by atoms with Gasteiger partial charge in [-0.15, -0.1) is 5.26 Å². The fourth-order valence-corrected chi connectivity index (χ4v) is 4.08. The summed E-state index contributed by atoms with van der Waals surface area (Å²) in [6.07, 6.45) is 4.40. The van der Waals surface area contributed by atoms with E-state index in [1.807, 2.05) is 72.8 Å². The fourth-order valence-electron chi connectivity index (χ4n) is 4.08. The lowest BCUT2D eigenvalue weighted by molar-refractivity contribution is -0.0948. The molecule has 0 amide bonds. The number of ether oxygens (including phenoxy) is 3. The monoisotopic (exact) mass is 507 g/mol. The lowest BCUT2D eigenvalue weighted by Crippen LogP contribution is -2.16. The Bertz CT molecular complexity index is 1270. The molecule has 0 saturated heterocycles. The van der Waals surface area contributed by atoms with Crippen LogP contribution in [0.5, 0.6) is 11.5 Å². The number of aromatic nitrogens is 1. The predicted molar refractivity (Wildman–Crippen MR) is 148 cm³/mol. The molecule has 0 aliphatic heterocycles. The third kappa shape index (κ3) is 8.76. The lowest BCUT2D eigenvalue weighted by Gasteiger charge is -2.17. The third-order valence-electron chi connectivity index (χ3n) is 6.14. The number of nitrogens with zero attached hydrogens (tertiary/aromatic N) is 1. The van der Waals surface area contributed by atoms with Gasteiger partial charge < -0.3 is 14.2 Å². The summed E-state index contributed by atoms with van der Waals surface area (Å²) >= 11 is 0. The van der Waals surface area contributed by atoms with Crippen LogP contribution in [0.15, 0.2) is 97.1 Å². The Morgan fingerprint density at radius 2 is 1.11 bits per heavy atom. The van der Waals surface area contributed by atoms with Crippen molar-refractivity contribution in [1.82, 2.24) is 4.98 Å². The van der Waals surface area contributed by atoms with E-state index in [9.17, 15) is 0 Å². The zero-order valence-electron chi connectivity index (χ0n) is 21.8. The summed E-state index contributed by atoms with van der Waals surface area (Å²) in [5.74, 6) is 1.41. The van der Waals surface area contributed by atoms with Crippen molar-refractivity contribution in [1.29, 1.82) is 0 Å². The summed E-state index contributed by atoms with van der Waals surface area (Å²) in [5, 5.41) is 7.14. The zero-order valence-corrected chi connectivity index (χ0v) is 21.8. The van der Waals surface area contributed by atoms with Crippen LogP contribution in [0.1, 0.15) is 53.8 Å². The lowest BCUT2D eigenvalue weighted by atomic mass is 10.1. The maximum absolute atomic E-state index is 7.14. The van der Waals surface area contributed by atoms with Gasteiger partial charge in [-0.1, -0.05) is 97.4 Å². The number of hydrogen-bond donors (Lipinski definition) is 1. The first kappa shape index (κ1) is 26.9. The van der Waals surface area contributed by atoms with Gasteiger partial charge in [0.25, 0.3) is 6.07 Å². The molecule has 38 heavy (non-hydrogen) atoms. The average molecular weight is 508 g/mol. The normalized spacial score (nSPS) is 10.6. The number of unbranched alkanes of at least 4 members (excludes halogenated alkanes) is 3. The maximum atomic E-state index is 7.14. The summed E-state index contributed by atoms with van der Waals surface area (Å²) in [6, 6.07) is 34.8. The zero-order chi connectivity index (χ0) is 26.3. The summed E-state index contributed by atoms with van der Waals surface area (Å²) < 4.78 is 18.6. The van der Waals surface area contributed by atoms with Gasteiger partial charge in [0, 0.05) is 6.07 Å². The highest BCUT2D eigenvalue weighted by Crippen LogP contribution is 2.30. The molecule has 0 spiro atoms. The van der Waals surface area contributed by atoms with E-state index < -0.39 is 0 Å². The molecule has 1 heterocycles. The first-order valence-corrected chi connectivity index (χ1v) is 13.2. The van der Waals surface area contributed by atoms with Crippen molar-refractivity contribution < 1.29 is 19.5 Å². The summed E-state index contributed by atoms with van der Waals surface area (Å²) in [4.78, 5) is 5.02. The molecule has 0 radical (unpaired) electrons. The second kappa shape index (κ2) is 15.2. The largest absolute Gasteiger partial charge is 0.487 e. The highest BCUT2D eigenvalue weighted by Gasteiger charge is 2.16. The second-order valence-electron chi connectivity index (χ2n) is 9.14. The molecule has 4 aromatic rings. The van der Waals surface area contributed by atoms with Gasteiger partial charge in [0.2, 0.25) is 0 Å². The van der Waals surface area contributed by atoms with E-state index in [1.165, 1.54) is 0 Å². The van der Waals surface area contributed by atoms with Crippen LogP contribution in [0.2, 0.25) is 0 Å². The van der Waals surface area contributed by atoms with Gasteiger partial charge in [0.15, 0.2) is 0 Å². The molecule has 4 rings (SSSR count). The van der Waals surface area contributed by atoms with Gasteiger partial charge in [0.05, 0.1) is 25.3 Å². The number of hydrogen-bond acceptors (Lipinski definition) is 4. The van der Waals surface area contributed by atoms with Gasteiger partial charge in [0.1, 0.15) is 30.4 Å². The summed E-state index contributed by atoms with van der Waals surface area (Å²) in [6.45, 7) is 1.74. The molecule has 5 heteroatoms. The first-order valence-electron chi connectivity index (χ1n) is 13.2. The summed E-state index contributed by atoms with van der Waals surface area (Å²) in [7, 11) is 0. The quantitative estimate of drug-likeness (QED) is 0.206. The van der Waals surface area contributed by atoms with Crippen molar-refractivity contribution in [2.45, 2.75) is 58.5 Å². The second-order valence-corrected chi connectivity index (χ2v) is 9.14. The van der Waals surface area contributed by atoms with Crippen LogP contribution in [0, 0.1) is 6.07 Å². The van der Waals surface area contributed by atoms with Crippen LogP contribution in [0.25, 0.3) is 0 Å². The van der Waals surface area contributed by atoms with Gasteiger partial charge in [-0.3, -0.25) is 0 Å². The molecule has 0 aliphatic carbocycles. The van der Waals surface area contributed by atoms with E-state index in [1.54, 1.807) is 0 Å². The minimum absolute atomic E-state index is 0.341. The first-order chi connectivity index (χ1) is 18.8. The Labute approximate surface area is 225 Å². The maximum Gasteiger partial charge on any atom is 0.270 e. The predicted octanol–water partition coefficient (Wildman–Crippen LogP) is 5.83. The summed E-state index contributed by atoms with van der Waals surface area (Å²) in [5.41, 5.74) is 4.98. The minimum atomic E-state index is 0.341. The Morgan fingerprint density at radius 1 is 0.579 bits per heavy atom. The molecule has 0 fully saturated rings. The van der Waals surface area contributed by atoms with Crippen molar-refractivity contribution in [3.05, 3.63) is 125 Å². The van der Waals surface area contributed by atoms with E-state index >= 15 is 0 Å². The molecular weight excluding hydrogens is 472 g/mol. The van der Waals surface area contributed by atoms with E-state index in [2.05, 4.69) is 30.3 Å². The van der Waals surface area contributed by atoms with E-state index in [0.717, 1.165) is 59.5 Å². The number of nitrogens with one attached hydrogen (secondary N) is 1. The molecule has 0 atom stereocenters. The number of rotatable bonds is 15.